The van der Waals surface area contributed by atoms with Crippen molar-refractivity contribution in [1.29, 1.82) is 0 Å². The summed E-state index contributed by atoms with van der Waals surface area (Å²) in [5, 5.41) is 1.34. The van der Waals surface area contributed by atoms with Gasteiger partial charge in [-0.2, -0.15) is 4.99 Å². The lowest BCUT2D eigenvalue weighted by molar-refractivity contribution is 0.214. The number of urea groups is 1. The lowest BCUT2D eigenvalue weighted by Crippen LogP contribution is -2.30. The molecule has 3 rings (SSSR count). The molecule has 2 aliphatic rings. The van der Waals surface area contributed by atoms with Gasteiger partial charge in [-0.15, -0.1) is 0 Å². The minimum atomic E-state index is -0.919. The average Bonchev–Trinajstić information content (AvgIpc) is 3.09. The molecule has 1 aromatic carbocycles. The maximum Gasteiger partial charge on any atom is 0.346 e. The number of halogens is 2. The Morgan fingerprint density at radius 3 is 2.76 bits per heavy atom. The number of benzene rings is 1. The second-order valence-corrected chi connectivity index (χ2v) is 6.48. The molecule has 2 amide bonds. The average molecular weight is 328 g/mol. The number of carbonyl (C=O) groups excluding carboxylic acids is 1. The van der Waals surface area contributed by atoms with Crippen LogP contribution < -0.4 is 4.90 Å². The van der Waals surface area contributed by atoms with Gasteiger partial charge in [-0.3, -0.25) is 0 Å². The first-order valence-electron chi connectivity index (χ1n) is 6.81. The fourth-order valence-corrected chi connectivity index (χ4v) is 3.48. The van der Waals surface area contributed by atoms with Crippen LogP contribution in [-0.2, 0) is 0 Å². The van der Waals surface area contributed by atoms with E-state index in [1.807, 2.05) is 29.2 Å². The Morgan fingerprint density at radius 2 is 2.10 bits per heavy atom. The summed E-state index contributed by atoms with van der Waals surface area (Å²) in [4.78, 5) is 19.7. The highest BCUT2D eigenvalue weighted by atomic mass is 35.5. The number of alkyl halides is 1. The van der Waals surface area contributed by atoms with Gasteiger partial charge in [0.1, 0.15) is 6.17 Å². The molecule has 1 aromatic rings. The van der Waals surface area contributed by atoms with Gasteiger partial charge in [0, 0.05) is 29.6 Å². The van der Waals surface area contributed by atoms with E-state index in [4.69, 9.17) is 11.6 Å². The number of amidine groups is 1. The van der Waals surface area contributed by atoms with E-state index in [2.05, 4.69) is 4.99 Å². The molecule has 2 heterocycles. The van der Waals surface area contributed by atoms with Crippen LogP contribution in [0.1, 0.15) is 6.42 Å². The Balaban J connectivity index is 1.75. The van der Waals surface area contributed by atoms with E-state index < -0.39 is 6.17 Å². The summed E-state index contributed by atoms with van der Waals surface area (Å²) < 4.78 is 13.2. The topological polar surface area (TPSA) is 35.9 Å². The van der Waals surface area contributed by atoms with Crippen molar-refractivity contribution in [3.63, 3.8) is 0 Å². The highest BCUT2D eigenvalue weighted by Gasteiger charge is 2.28. The number of amides is 2. The lowest BCUT2D eigenvalue weighted by atomic mass is 10.3. The van der Waals surface area contributed by atoms with Crippen LogP contribution in [0.4, 0.5) is 14.9 Å². The predicted molar refractivity (Wildman–Crippen MR) is 85.2 cm³/mol. The first-order valence-corrected chi connectivity index (χ1v) is 8.17. The van der Waals surface area contributed by atoms with Crippen LogP contribution >= 0.6 is 23.4 Å². The SMILES string of the molecule is O=C(/N=C1\SCCN1c1ccc(Cl)cc1)N1CC[C@@H](F)C1. The number of carbonyl (C=O) groups is 1. The number of aliphatic imine (C=N–C) groups is 1. The number of likely N-dealkylation sites (tertiary alicyclic amines) is 1. The quantitative estimate of drug-likeness (QED) is 0.793. The van der Waals surface area contributed by atoms with E-state index in [9.17, 15) is 9.18 Å². The van der Waals surface area contributed by atoms with Gasteiger partial charge in [-0.05, 0) is 30.7 Å². The molecule has 0 spiro atoms. The summed E-state index contributed by atoms with van der Waals surface area (Å²) in [6.45, 7) is 1.40. The van der Waals surface area contributed by atoms with Gasteiger partial charge in [0.2, 0.25) is 0 Å². The highest BCUT2D eigenvalue weighted by Crippen LogP contribution is 2.27. The van der Waals surface area contributed by atoms with Gasteiger partial charge < -0.3 is 9.80 Å². The monoisotopic (exact) mass is 327 g/mol. The molecule has 112 valence electrons. The molecule has 0 N–H and O–H groups in total. The second kappa shape index (κ2) is 6.23. The molecule has 7 heteroatoms. The van der Waals surface area contributed by atoms with E-state index in [1.54, 1.807) is 0 Å². The largest absolute Gasteiger partial charge is 0.346 e. The van der Waals surface area contributed by atoms with E-state index in [-0.39, 0.29) is 12.6 Å². The fourth-order valence-electron chi connectivity index (χ4n) is 2.40. The first-order chi connectivity index (χ1) is 10.1. The summed E-state index contributed by atoms with van der Waals surface area (Å²) in [6.07, 6.45) is -0.511. The van der Waals surface area contributed by atoms with Crippen LogP contribution in [0.25, 0.3) is 0 Å². The van der Waals surface area contributed by atoms with Crippen molar-refractivity contribution < 1.29 is 9.18 Å². The molecule has 2 fully saturated rings. The van der Waals surface area contributed by atoms with Gasteiger partial charge in [-0.1, -0.05) is 23.4 Å². The molecular weight excluding hydrogens is 313 g/mol. The number of thioether (sulfide) groups is 1. The van der Waals surface area contributed by atoms with Crippen LogP contribution in [0, 0.1) is 0 Å². The fraction of sp³-hybridized carbons (Fsp3) is 0.429. The Bertz CT molecular complexity index is 566. The smallest absolute Gasteiger partial charge is 0.320 e. The Morgan fingerprint density at radius 1 is 1.33 bits per heavy atom. The molecule has 0 radical (unpaired) electrons. The van der Waals surface area contributed by atoms with Gasteiger partial charge in [-0.25, -0.2) is 9.18 Å². The molecule has 0 aromatic heterocycles. The summed E-state index contributed by atoms with van der Waals surface area (Å²) in [6, 6.07) is 7.09. The third-order valence-electron chi connectivity index (χ3n) is 3.51. The first kappa shape index (κ1) is 14.7. The van der Waals surface area contributed by atoms with Crippen LogP contribution in [0.2, 0.25) is 5.02 Å². The van der Waals surface area contributed by atoms with Crippen molar-refractivity contribution >= 4 is 40.2 Å². The van der Waals surface area contributed by atoms with Gasteiger partial charge in [0.05, 0.1) is 6.54 Å². The number of anilines is 1. The molecule has 21 heavy (non-hydrogen) atoms. The Hall–Kier alpha value is -1.27. The Kier molecular flexibility index (Phi) is 4.35. The van der Waals surface area contributed by atoms with Crippen molar-refractivity contribution in [3.05, 3.63) is 29.3 Å². The van der Waals surface area contributed by atoms with Crippen LogP contribution in [0.3, 0.4) is 0 Å². The standard InChI is InChI=1S/C14H15ClFN3OS/c15-10-1-3-12(4-2-10)19-7-8-21-14(19)17-13(20)18-6-5-11(16)9-18/h1-4,11H,5-9H2/b17-14-/t11-/m1/s1. The summed E-state index contributed by atoms with van der Waals surface area (Å²) >= 11 is 7.43. The molecule has 0 bridgehead atoms. The van der Waals surface area contributed by atoms with E-state index in [0.717, 1.165) is 18.0 Å². The van der Waals surface area contributed by atoms with Crippen molar-refractivity contribution in [2.24, 2.45) is 4.99 Å². The van der Waals surface area contributed by atoms with Crippen LogP contribution in [0.5, 0.6) is 0 Å². The lowest BCUT2D eigenvalue weighted by Gasteiger charge is -2.19. The molecule has 2 aliphatic heterocycles. The number of hydrogen-bond acceptors (Lipinski definition) is 2. The van der Waals surface area contributed by atoms with E-state index in [0.29, 0.717) is 23.2 Å². The normalized spacial score (nSPS) is 24.1. The summed E-state index contributed by atoms with van der Waals surface area (Å²) in [5.41, 5.74) is 0.959. The molecule has 4 nitrogen and oxygen atoms in total. The molecule has 0 unspecified atom stereocenters. The molecule has 1 atom stereocenters. The predicted octanol–water partition coefficient (Wildman–Crippen LogP) is 3.41. The molecular formula is C14H15ClFN3OS. The Labute approximate surface area is 132 Å². The summed E-state index contributed by atoms with van der Waals surface area (Å²) in [5.74, 6) is 0.875. The molecule has 0 saturated carbocycles. The maximum atomic E-state index is 13.2. The molecule has 2 saturated heterocycles. The zero-order valence-electron chi connectivity index (χ0n) is 11.3. The van der Waals surface area contributed by atoms with Crippen LogP contribution in [-0.4, -0.2) is 47.7 Å². The van der Waals surface area contributed by atoms with Crippen molar-refractivity contribution in [3.8, 4) is 0 Å². The van der Waals surface area contributed by atoms with E-state index in [1.165, 1.54) is 16.7 Å². The van der Waals surface area contributed by atoms with E-state index >= 15 is 0 Å². The zero-order valence-corrected chi connectivity index (χ0v) is 12.9. The minimum absolute atomic E-state index is 0.154. The zero-order chi connectivity index (χ0) is 14.8. The maximum absolute atomic E-state index is 13.2. The van der Waals surface area contributed by atoms with Gasteiger partial charge in [0.25, 0.3) is 0 Å². The van der Waals surface area contributed by atoms with Crippen LogP contribution in [0.15, 0.2) is 29.3 Å². The third-order valence-corrected chi connectivity index (χ3v) is 4.72. The second-order valence-electron chi connectivity index (χ2n) is 4.99. The summed E-state index contributed by atoms with van der Waals surface area (Å²) in [7, 11) is 0. The van der Waals surface area contributed by atoms with Gasteiger partial charge in [0.15, 0.2) is 5.17 Å². The number of hydrogen-bond donors (Lipinski definition) is 0. The van der Waals surface area contributed by atoms with Gasteiger partial charge >= 0.3 is 6.03 Å². The van der Waals surface area contributed by atoms with Crippen molar-refractivity contribution in [2.75, 3.05) is 30.3 Å². The number of nitrogens with zero attached hydrogens (tertiary/aromatic N) is 3. The minimum Gasteiger partial charge on any atom is -0.320 e. The third kappa shape index (κ3) is 3.32. The van der Waals surface area contributed by atoms with Crippen molar-refractivity contribution in [1.82, 2.24) is 4.90 Å². The molecule has 0 aliphatic carbocycles. The highest BCUT2D eigenvalue weighted by molar-refractivity contribution is 8.14. The number of rotatable bonds is 1. The van der Waals surface area contributed by atoms with Crippen molar-refractivity contribution in [2.45, 2.75) is 12.6 Å².